The summed E-state index contributed by atoms with van der Waals surface area (Å²) in [5.74, 6) is 0.0718. The molecule has 1 fully saturated rings. The van der Waals surface area contributed by atoms with Gasteiger partial charge in [0.25, 0.3) is 5.91 Å². The predicted octanol–water partition coefficient (Wildman–Crippen LogP) is 2.35. The van der Waals surface area contributed by atoms with Gasteiger partial charge in [0.1, 0.15) is 0 Å². The highest BCUT2D eigenvalue weighted by molar-refractivity contribution is 7.13. The first-order chi connectivity index (χ1) is 7.59. The number of amides is 1. The first-order valence-electron chi connectivity index (χ1n) is 5.69. The lowest BCUT2D eigenvalue weighted by atomic mass is 9.90. The van der Waals surface area contributed by atoms with E-state index in [0.29, 0.717) is 0 Å². The molecular weight excluding hydrogens is 256 g/mol. The van der Waals surface area contributed by atoms with Crippen LogP contribution in [0, 0.1) is 6.92 Å². The minimum absolute atomic E-state index is 0. The van der Waals surface area contributed by atoms with Crippen LogP contribution in [-0.4, -0.2) is 24.5 Å². The Kier molecular flexibility index (Phi) is 4.98. The molecule has 2 heterocycles. The molecule has 3 nitrogen and oxygen atoms in total. The smallest absolute Gasteiger partial charge is 0.261 e. The van der Waals surface area contributed by atoms with Crippen LogP contribution in [0.4, 0.5) is 0 Å². The van der Waals surface area contributed by atoms with E-state index in [9.17, 15) is 4.79 Å². The highest BCUT2D eigenvalue weighted by Crippen LogP contribution is 2.20. The van der Waals surface area contributed by atoms with Crippen molar-refractivity contribution in [1.29, 1.82) is 0 Å². The van der Waals surface area contributed by atoms with E-state index in [-0.39, 0.29) is 23.9 Å². The molecule has 1 aromatic heterocycles. The van der Waals surface area contributed by atoms with Crippen LogP contribution in [0.15, 0.2) is 12.1 Å². The van der Waals surface area contributed by atoms with Crippen molar-refractivity contribution < 1.29 is 4.79 Å². The molecule has 0 aromatic carbocycles. The van der Waals surface area contributed by atoms with Crippen LogP contribution >= 0.6 is 23.7 Å². The topological polar surface area (TPSA) is 41.1 Å². The van der Waals surface area contributed by atoms with Crippen molar-refractivity contribution in [2.75, 3.05) is 13.1 Å². The monoisotopic (exact) mass is 274 g/mol. The van der Waals surface area contributed by atoms with Gasteiger partial charge in [-0.05, 0) is 51.9 Å². The van der Waals surface area contributed by atoms with Crippen LogP contribution in [-0.2, 0) is 0 Å². The Hall–Kier alpha value is -0.580. The van der Waals surface area contributed by atoms with Gasteiger partial charge in [-0.3, -0.25) is 4.79 Å². The molecule has 1 aliphatic rings. The van der Waals surface area contributed by atoms with Crippen LogP contribution in [0.25, 0.3) is 0 Å². The fourth-order valence-corrected chi connectivity index (χ4v) is 2.76. The van der Waals surface area contributed by atoms with Crippen LogP contribution in [0.5, 0.6) is 0 Å². The number of thiophene rings is 1. The second-order valence-electron chi connectivity index (χ2n) is 4.68. The molecular formula is C12H19ClN2OS. The third-order valence-electron chi connectivity index (χ3n) is 3.09. The zero-order chi connectivity index (χ0) is 11.6. The number of carbonyl (C=O) groups excluding carboxylic acids is 1. The number of carbonyl (C=O) groups is 1. The van der Waals surface area contributed by atoms with E-state index in [1.54, 1.807) is 11.3 Å². The van der Waals surface area contributed by atoms with Gasteiger partial charge >= 0.3 is 0 Å². The maximum atomic E-state index is 12.0. The van der Waals surface area contributed by atoms with Crippen molar-refractivity contribution in [1.82, 2.24) is 10.6 Å². The van der Waals surface area contributed by atoms with Crippen molar-refractivity contribution in [2.24, 2.45) is 0 Å². The maximum absolute atomic E-state index is 12.0. The molecule has 2 N–H and O–H groups in total. The van der Waals surface area contributed by atoms with Crippen LogP contribution in [0.3, 0.4) is 0 Å². The van der Waals surface area contributed by atoms with Crippen molar-refractivity contribution in [3.63, 3.8) is 0 Å². The summed E-state index contributed by atoms with van der Waals surface area (Å²) in [5, 5.41) is 6.46. The van der Waals surface area contributed by atoms with Crippen molar-refractivity contribution >= 4 is 29.7 Å². The van der Waals surface area contributed by atoms with Gasteiger partial charge in [0.15, 0.2) is 0 Å². The number of rotatable bonds is 2. The second kappa shape index (κ2) is 5.85. The van der Waals surface area contributed by atoms with Gasteiger partial charge in [0, 0.05) is 10.4 Å². The Morgan fingerprint density at radius 1 is 1.41 bits per heavy atom. The summed E-state index contributed by atoms with van der Waals surface area (Å²) in [6.07, 6.45) is 2.01. The summed E-state index contributed by atoms with van der Waals surface area (Å²) in [6.45, 7) is 6.13. The normalized spacial score (nSPS) is 18.2. The molecule has 0 saturated carbocycles. The van der Waals surface area contributed by atoms with Gasteiger partial charge in [-0.15, -0.1) is 23.7 Å². The standard InChI is InChI=1S/C12H18N2OS.ClH/c1-9-3-4-10(16-9)11(15)14-12(2)5-7-13-8-6-12;/h3-4,13H,5-8H2,1-2H3,(H,14,15);1H. The highest BCUT2D eigenvalue weighted by Gasteiger charge is 2.28. The number of nitrogens with one attached hydrogen (secondary N) is 2. The molecule has 96 valence electrons. The summed E-state index contributed by atoms with van der Waals surface area (Å²) in [5.41, 5.74) is -0.0414. The average molecular weight is 275 g/mol. The van der Waals surface area contributed by atoms with E-state index >= 15 is 0 Å². The Morgan fingerprint density at radius 2 is 2.06 bits per heavy atom. The zero-order valence-electron chi connectivity index (χ0n) is 10.2. The first-order valence-corrected chi connectivity index (χ1v) is 6.50. The fraction of sp³-hybridized carbons (Fsp3) is 0.583. The van der Waals surface area contributed by atoms with E-state index in [1.165, 1.54) is 4.88 Å². The Bertz CT molecular complexity index is 386. The molecule has 17 heavy (non-hydrogen) atoms. The van der Waals surface area contributed by atoms with Gasteiger partial charge in [0.05, 0.1) is 4.88 Å². The third-order valence-corrected chi connectivity index (χ3v) is 4.09. The summed E-state index contributed by atoms with van der Waals surface area (Å²) in [7, 11) is 0. The Morgan fingerprint density at radius 3 is 2.59 bits per heavy atom. The lowest BCUT2D eigenvalue weighted by Crippen LogP contribution is -2.52. The lowest BCUT2D eigenvalue weighted by Gasteiger charge is -2.34. The summed E-state index contributed by atoms with van der Waals surface area (Å²) >= 11 is 1.56. The second-order valence-corrected chi connectivity index (χ2v) is 5.96. The van der Waals surface area contributed by atoms with Gasteiger partial charge in [-0.2, -0.15) is 0 Å². The third kappa shape index (κ3) is 3.69. The van der Waals surface area contributed by atoms with Gasteiger partial charge in [0.2, 0.25) is 0 Å². The number of hydrogen-bond acceptors (Lipinski definition) is 3. The van der Waals surface area contributed by atoms with Crippen molar-refractivity contribution in [2.45, 2.75) is 32.2 Å². The molecule has 1 aromatic rings. The SMILES string of the molecule is Cc1ccc(C(=O)NC2(C)CCNCC2)s1.Cl. The predicted molar refractivity (Wildman–Crippen MR) is 74.3 cm³/mol. The number of piperidine rings is 1. The van der Waals surface area contributed by atoms with Gasteiger partial charge < -0.3 is 10.6 Å². The molecule has 1 saturated heterocycles. The maximum Gasteiger partial charge on any atom is 0.261 e. The molecule has 0 atom stereocenters. The van der Waals surface area contributed by atoms with Gasteiger partial charge in [-0.1, -0.05) is 0 Å². The van der Waals surface area contributed by atoms with Crippen molar-refractivity contribution in [3.05, 3.63) is 21.9 Å². The van der Waals surface area contributed by atoms with Crippen LogP contribution in [0.1, 0.15) is 34.3 Å². The Balaban J connectivity index is 0.00000144. The molecule has 5 heteroatoms. The molecule has 0 aliphatic carbocycles. The quantitative estimate of drug-likeness (QED) is 0.869. The van der Waals surface area contributed by atoms with E-state index in [4.69, 9.17) is 0 Å². The average Bonchev–Trinajstić information content (AvgIpc) is 2.65. The highest BCUT2D eigenvalue weighted by atomic mass is 35.5. The molecule has 1 amide bonds. The molecule has 0 radical (unpaired) electrons. The molecule has 2 rings (SSSR count). The molecule has 1 aliphatic heterocycles. The molecule has 0 spiro atoms. The van der Waals surface area contributed by atoms with Crippen LogP contribution in [0.2, 0.25) is 0 Å². The van der Waals surface area contributed by atoms with Gasteiger partial charge in [-0.25, -0.2) is 0 Å². The van der Waals surface area contributed by atoms with Crippen LogP contribution < -0.4 is 10.6 Å². The first kappa shape index (κ1) is 14.5. The van der Waals surface area contributed by atoms with E-state index < -0.39 is 0 Å². The fourth-order valence-electron chi connectivity index (χ4n) is 2.00. The lowest BCUT2D eigenvalue weighted by molar-refractivity contribution is 0.0892. The summed E-state index contributed by atoms with van der Waals surface area (Å²) in [4.78, 5) is 14.0. The Labute approximate surface area is 112 Å². The van der Waals surface area contributed by atoms with E-state index in [2.05, 4.69) is 17.6 Å². The number of aryl methyl sites for hydroxylation is 1. The molecule has 0 bridgehead atoms. The minimum Gasteiger partial charge on any atom is -0.346 e. The minimum atomic E-state index is -0.0414. The largest absolute Gasteiger partial charge is 0.346 e. The summed E-state index contributed by atoms with van der Waals surface area (Å²) < 4.78 is 0. The van der Waals surface area contributed by atoms with E-state index in [1.807, 2.05) is 19.1 Å². The van der Waals surface area contributed by atoms with E-state index in [0.717, 1.165) is 30.8 Å². The summed E-state index contributed by atoms with van der Waals surface area (Å²) in [6, 6.07) is 3.89. The van der Waals surface area contributed by atoms with Crippen molar-refractivity contribution in [3.8, 4) is 0 Å². The number of hydrogen-bond donors (Lipinski definition) is 2. The number of halogens is 1. The molecule has 0 unspecified atom stereocenters. The zero-order valence-corrected chi connectivity index (χ0v) is 11.8.